The molecule has 9 heteroatoms. The van der Waals surface area contributed by atoms with Crippen molar-refractivity contribution in [3.63, 3.8) is 0 Å². The number of anilines is 1. The molecule has 0 saturated heterocycles. The molecule has 0 unspecified atom stereocenters. The monoisotopic (exact) mass is 503 g/mol. The Morgan fingerprint density at radius 3 is 2.57 bits per heavy atom. The average Bonchev–Trinajstić information content (AvgIpc) is 3.65. The summed E-state index contributed by atoms with van der Waals surface area (Å²) >= 11 is 0. The predicted octanol–water partition coefficient (Wildman–Crippen LogP) is 4.59. The van der Waals surface area contributed by atoms with Crippen LogP contribution in [0.4, 0.5) is 5.69 Å². The molecule has 0 amide bonds. The number of hydrogen-bond donors (Lipinski definition) is 0. The van der Waals surface area contributed by atoms with Crippen LogP contribution in [0.1, 0.15) is 35.9 Å². The van der Waals surface area contributed by atoms with Crippen LogP contribution in [0.25, 0.3) is 0 Å². The highest BCUT2D eigenvalue weighted by atomic mass is 16.5. The number of carbonyl (C=O) groups is 1. The minimum atomic E-state index is -0.455. The molecule has 0 radical (unpaired) electrons. The van der Waals surface area contributed by atoms with Crippen molar-refractivity contribution in [2.45, 2.75) is 26.7 Å². The van der Waals surface area contributed by atoms with E-state index >= 15 is 0 Å². The Morgan fingerprint density at radius 1 is 1.22 bits per heavy atom. The number of methoxy groups -OCH3 is 2. The van der Waals surface area contributed by atoms with Gasteiger partial charge in [0, 0.05) is 36.1 Å². The quantitative estimate of drug-likeness (QED) is 0.348. The minimum Gasteiger partial charge on any atom is -0.497 e. The molecule has 1 aliphatic carbocycles. The van der Waals surface area contributed by atoms with Crippen molar-refractivity contribution in [3.8, 4) is 11.5 Å². The molecule has 0 N–H and O–H groups in total. The summed E-state index contributed by atoms with van der Waals surface area (Å²) in [6, 6.07) is 5.86. The largest absolute Gasteiger partial charge is 0.497 e. The molecule has 0 spiro atoms. The van der Waals surface area contributed by atoms with E-state index in [1.54, 1.807) is 44.3 Å². The molecule has 9 nitrogen and oxygen atoms in total. The zero-order valence-corrected chi connectivity index (χ0v) is 21.8. The number of nitrogens with zero attached hydrogens (tertiary/aromatic N) is 5. The number of hydrogen-bond acceptors (Lipinski definition) is 8. The molecule has 194 valence electrons. The Morgan fingerprint density at radius 2 is 1.95 bits per heavy atom. The van der Waals surface area contributed by atoms with Gasteiger partial charge in [0.05, 0.1) is 45.0 Å². The number of aliphatic imine (C=N–C) groups is 2. The molecule has 1 aromatic carbocycles. The Hall–Kier alpha value is -4.14. The van der Waals surface area contributed by atoms with Crippen molar-refractivity contribution in [3.05, 3.63) is 72.1 Å². The van der Waals surface area contributed by atoms with Crippen molar-refractivity contribution in [2.24, 2.45) is 15.9 Å². The number of rotatable bonds is 10. The normalized spacial score (nSPS) is 16.4. The van der Waals surface area contributed by atoms with Crippen molar-refractivity contribution >= 4 is 23.7 Å². The summed E-state index contributed by atoms with van der Waals surface area (Å²) in [5.74, 6) is 2.17. The summed E-state index contributed by atoms with van der Waals surface area (Å²) in [6.45, 7) is 9.08. The van der Waals surface area contributed by atoms with Crippen LogP contribution in [-0.4, -0.2) is 61.5 Å². The number of aromatic nitrogens is 2. The Kier molecular flexibility index (Phi) is 8.22. The smallest absolute Gasteiger partial charge is 0.358 e. The topological polar surface area (TPSA) is 90.5 Å². The SMILES string of the molecule is C=C/C=C(\C=C1/CN=CC(n2cnc(C(=O)OCC)c2C)=N1)N(CC1CC1)c1cc(OC)cc(OC)c1. The van der Waals surface area contributed by atoms with Crippen molar-refractivity contribution in [2.75, 3.05) is 38.8 Å². The number of ether oxygens (including phenoxy) is 3. The molecule has 0 atom stereocenters. The van der Waals surface area contributed by atoms with Gasteiger partial charge in [-0.05, 0) is 44.8 Å². The first-order valence-corrected chi connectivity index (χ1v) is 12.3. The van der Waals surface area contributed by atoms with E-state index in [0.717, 1.165) is 35.1 Å². The van der Waals surface area contributed by atoms with Crippen LogP contribution in [0.2, 0.25) is 0 Å². The summed E-state index contributed by atoms with van der Waals surface area (Å²) in [6.07, 6.45) is 11.4. The molecule has 37 heavy (non-hydrogen) atoms. The Bertz CT molecular complexity index is 1260. The molecule has 1 aromatic heterocycles. The zero-order chi connectivity index (χ0) is 26.4. The summed E-state index contributed by atoms with van der Waals surface area (Å²) < 4.78 is 17.9. The first kappa shape index (κ1) is 25.9. The maximum atomic E-state index is 12.2. The van der Waals surface area contributed by atoms with Gasteiger partial charge >= 0.3 is 5.97 Å². The van der Waals surface area contributed by atoms with Crippen LogP contribution in [0.3, 0.4) is 0 Å². The second-order valence-electron chi connectivity index (χ2n) is 8.80. The van der Waals surface area contributed by atoms with Gasteiger partial charge < -0.3 is 19.1 Å². The van der Waals surface area contributed by atoms with Crippen molar-refractivity contribution in [1.29, 1.82) is 0 Å². The summed E-state index contributed by atoms with van der Waals surface area (Å²) in [7, 11) is 3.29. The molecule has 2 aliphatic rings. The third-order valence-electron chi connectivity index (χ3n) is 6.14. The second-order valence-corrected chi connectivity index (χ2v) is 8.80. The maximum absolute atomic E-state index is 12.2. The third kappa shape index (κ3) is 6.17. The highest BCUT2D eigenvalue weighted by molar-refractivity contribution is 6.31. The lowest BCUT2D eigenvalue weighted by molar-refractivity contribution is 0.0519. The molecule has 1 aliphatic heterocycles. The first-order valence-electron chi connectivity index (χ1n) is 12.3. The van der Waals surface area contributed by atoms with E-state index < -0.39 is 5.97 Å². The van der Waals surface area contributed by atoms with Crippen LogP contribution >= 0.6 is 0 Å². The number of benzene rings is 1. The zero-order valence-electron chi connectivity index (χ0n) is 21.8. The van der Waals surface area contributed by atoms with Crippen LogP contribution < -0.4 is 14.4 Å². The minimum absolute atomic E-state index is 0.267. The van der Waals surface area contributed by atoms with Gasteiger partial charge in [-0.15, -0.1) is 0 Å². The van der Waals surface area contributed by atoms with E-state index in [0.29, 0.717) is 24.0 Å². The number of imidazole rings is 1. The summed E-state index contributed by atoms with van der Waals surface area (Å²) in [4.78, 5) is 28.1. The fourth-order valence-corrected chi connectivity index (χ4v) is 4.04. The van der Waals surface area contributed by atoms with Gasteiger partial charge in [-0.3, -0.25) is 9.56 Å². The van der Waals surface area contributed by atoms with E-state index in [-0.39, 0.29) is 12.3 Å². The summed E-state index contributed by atoms with van der Waals surface area (Å²) in [5, 5.41) is 0. The van der Waals surface area contributed by atoms with Gasteiger partial charge in [0.2, 0.25) is 0 Å². The number of esters is 1. The fraction of sp³-hybridized carbons (Fsp3) is 0.357. The number of carbonyl (C=O) groups excluding carboxylic acids is 1. The highest BCUT2D eigenvalue weighted by Crippen LogP contribution is 2.36. The predicted molar refractivity (Wildman–Crippen MR) is 145 cm³/mol. The Labute approximate surface area is 217 Å². The average molecular weight is 504 g/mol. The molecule has 1 fully saturated rings. The first-order chi connectivity index (χ1) is 18.0. The van der Waals surface area contributed by atoms with E-state index in [1.165, 1.54) is 12.8 Å². The van der Waals surface area contributed by atoms with Crippen LogP contribution in [0, 0.1) is 12.8 Å². The molecule has 1 saturated carbocycles. The van der Waals surface area contributed by atoms with Crippen molar-refractivity contribution in [1.82, 2.24) is 9.55 Å². The van der Waals surface area contributed by atoms with Crippen LogP contribution in [-0.2, 0) is 4.74 Å². The van der Waals surface area contributed by atoms with Gasteiger partial charge in [-0.1, -0.05) is 12.7 Å². The van der Waals surface area contributed by atoms with Gasteiger partial charge in [0.1, 0.15) is 17.8 Å². The molecule has 2 aromatic rings. The van der Waals surface area contributed by atoms with Crippen LogP contribution in [0.5, 0.6) is 11.5 Å². The summed E-state index contributed by atoms with van der Waals surface area (Å²) in [5.41, 5.74) is 3.57. The lowest BCUT2D eigenvalue weighted by Gasteiger charge is -2.27. The lowest BCUT2D eigenvalue weighted by Crippen LogP contribution is -2.25. The highest BCUT2D eigenvalue weighted by Gasteiger charge is 2.27. The van der Waals surface area contributed by atoms with Gasteiger partial charge in [-0.25, -0.2) is 14.8 Å². The molecular formula is C28H33N5O4. The van der Waals surface area contributed by atoms with Crippen molar-refractivity contribution < 1.29 is 19.0 Å². The molecular weight excluding hydrogens is 470 g/mol. The molecule has 4 rings (SSSR count). The van der Waals surface area contributed by atoms with Gasteiger partial charge in [0.25, 0.3) is 0 Å². The second kappa shape index (κ2) is 11.7. The lowest BCUT2D eigenvalue weighted by atomic mass is 10.2. The third-order valence-corrected chi connectivity index (χ3v) is 6.14. The molecule has 0 bridgehead atoms. The standard InChI is InChI=1S/C28H33N5O4/c1-6-8-22(32(17-20-9-10-20)23-12-24(35-4)14-25(13-23)36-5)11-21-15-29-16-26(31-21)33-18-30-27(19(33)3)28(34)37-7-2/h6,8,11-14,16,18,20H,1,7,9-10,15,17H2,2-5H3/b21-11+,22-8+. The maximum Gasteiger partial charge on any atom is 0.358 e. The van der Waals surface area contributed by atoms with Gasteiger partial charge in [0.15, 0.2) is 11.5 Å². The van der Waals surface area contributed by atoms with Crippen LogP contribution in [0.15, 0.2) is 70.7 Å². The number of allylic oxidation sites excluding steroid dienone is 3. The van der Waals surface area contributed by atoms with E-state index in [9.17, 15) is 4.79 Å². The molecule has 2 heterocycles. The van der Waals surface area contributed by atoms with E-state index in [1.807, 2.05) is 37.3 Å². The Balaban J connectivity index is 1.70. The van der Waals surface area contributed by atoms with E-state index in [2.05, 4.69) is 21.5 Å². The van der Waals surface area contributed by atoms with E-state index in [4.69, 9.17) is 19.2 Å². The van der Waals surface area contributed by atoms with Gasteiger partial charge in [-0.2, -0.15) is 0 Å². The fourth-order valence-electron chi connectivity index (χ4n) is 4.04.